The number of nitro benzene ring substituents is 1. The number of aromatic carboxylic acids is 1. The van der Waals surface area contributed by atoms with E-state index in [1.54, 1.807) is 27.8 Å². The lowest BCUT2D eigenvalue weighted by molar-refractivity contribution is -0.384. The number of hydrogen-bond donors (Lipinski definition) is 2. The van der Waals surface area contributed by atoms with Crippen molar-refractivity contribution in [2.75, 3.05) is 25.5 Å². The Morgan fingerprint density at radius 2 is 2.00 bits per heavy atom. The second-order valence-electron chi connectivity index (χ2n) is 6.12. The number of ether oxygens (including phenoxy) is 1. The summed E-state index contributed by atoms with van der Waals surface area (Å²) in [6.07, 6.45) is -0.500. The first-order chi connectivity index (χ1) is 11.0. The Bertz CT molecular complexity index is 639. The van der Waals surface area contributed by atoms with Gasteiger partial charge >= 0.3 is 12.1 Å². The van der Waals surface area contributed by atoms with E-state index in [-0.39, 0.29) is 30.0 Å². The van der Waals surface area contributed by atoms with E-state index in [2.05, 4.69) is 5.32 Å². The van der Waals surface area contributed by atoms with Crippen LogP contribution in [0, 0.1) is 10.1 Å². The molecule has 0 aliphatic carbocycles. The summed E-state index contributed by atoms with van der Waals surface area (Å²) < 4.78 is 5.19. The number of rotatable bonds is 6. The van der Waals surface area contributed by atoms with Gasteiger partial charge in [0.15, 0.2) is 0 Å². The Kier molecular flexibility index (Phi) is 6.10. The lowest BCUT2D eigenvalue weighted by Crippen LogP contribution is -2.36. The van der Waals surface area contributed by atoms with E-state index in [4.69, 9.17) is 9.84 Å². The van der Waals surface area contributed by atoms with Crippen LogP contribution in [0.3, 0.4) is 0 Å². The summed E-state index contributed by atoms with van der Waals surface area (Å²) >= 11 is 0. The zero-order valence-electron chi connectivity index (χ0n) is 14.0. The summed E-state index contributed by atoms with van der Waals surface area (Å²) in [4.78, 5) is 34.4. The Morgan fingerprint density at radius 1 is 1.38 bits per heavy atom. The molecular weight excluding hydrogens is 318 g/mol. The summed E-state index contributed by atoms with van der Waals surface area (Å²) in [7, 11) is 1.55. The van der Waals surface area contributed by atoms with Crippen LogP contribution in [0.2, 0.25) is 0 Å². The average Bonchev–Trinajstić information content (AvgIpc) is 2.45. The average molecular weight is 339 g/mol. The van der Waals surface area contributed by atoms with Crippen molar-refractivity contribution in [2.24, 2.45) is 0 Å². The number of carboxylic acids is 1. The van der Waals surface area contributed by atoms with Crippen molar-refractivity contribution in [3.05, 3.63) is 33.9 Å². The van der Waals surface area contributed by atoms with Gasteiger partial charge in [-0.25, -0.2) is 9.59 Å². The minimum atomic E-state index is -1.24. The molecule has 0 aliphatic rings. The molecular formula is C15H21N3O6. The first-order valence-electron chi connectivity index (χ1n) is 7.21. The first kappa shape index (κ1) is 19.2. The SMILES string of the molecule is CN(CCNc1ccc(C(=O)O)cc1[N+](=O)[O-])C(=O)OC(C)(C)C. The van der Waals surface area contributed by atoms with Crippen LogP contribution in [0.15, 0.2) is 18.2 Å². The monoisotopic (exact) mass is 339 g/mol. The Hall–Kier alpha value is -2.84. The molecule has 0 unspecified atom stereocenters. The van der Waals surface area contributed by atoms with Crippen molar-refractivity contribution in [3.8, 4) is 0 Å². The molecule has 0 spiro atoms. The van der Waals surface area contributed by atoms with E-state index >= 15 is 0 Å². The summed E-state index contributed by atoms with van der Waals surface area (Å²) in [6, 6.07) is 3.59. The number of likely N-dealkylation sites (N-methyl/N-ethyl adjacent to an activating group) is 1. The van der Waals surface area contributed by atoms with Crippen LogP contribution in [0.4, 0.5) is 16.2 Å². The van der Waals surface area contributed by atoms with E-state index < -0.39 is 22.6 Å². The molecule has 0 saturated heterocycles. The fraction of sp³-hybridized carbons (Fsp3) is 0.467. The Morgan fingerprint density at radius 3 is 2.50 bits per heavy atom. The smallest absolute Gasteiger partial charge is 0.410 e. The number of nitrogens with one attached hydrogen (secondary N) is 1. The van der Waals surface area contributed by atoms with E-state index in [0.29, 0.717) is 0 Å². The normalized spacial score (nSPS) is 10.8. The number of carbonyl (C=O) groups is 2. The van der Waals surface area contributed by atoms with Gasteiger partial charge < -0.3 is 20.1 Å². The van der Waals surface area contributed by atoms with Crippen molar-refractivity contribution >= 4 is 23.4 Å². The van der Waals surface area contributed by atoms with Gasteiger partial charge in [-0.3, -0.25) is 10.1 Å². The minimum Gasteiger partial charge on any atom is -0.478 e. The van der Waals surface area contributed by atoms with Gasteiger partial charge in [0, 0.05) is 26.2 Å². The van der Waals surface area contributed by atoms with Gasteiger partial charge in [0.25, 0.3) is 5.69 Å². The van der Waals surface area contributed by atoms with Gasteiger partial charge in [-0.2, -0.15) is 0 Å². The molecule has 2 N–H and O–H groups in total. The maximum absolute atomic E-state index is 11.8. The van der Waals surface area contributed by atoms with E-state index in [1.807, 2.05) is 0 Å². The van der Waals surface area contributed by atoms with E-state index in [0.717, 1.165) is 6.07 Å². The lowest BCUT2D eigenvalue weighted by Gasteiger charge is -2.24. The highest BCUT2D eigenvalue weighted by Crippen LogP contribution is 2.25. The molecule has 0 bridgehead atoms. The highest BCUT2D eigenvalue weighted by atomic mass is 16.6. The Labute approximate surface area is 139 Å². The van der Waals surface area contributed by atoms with Gasteiger partial charge in [-0.15, -0.1) is 0 Å². The zero-order chi connectivity index (χ0) is 18.5. The van der Waals surface area contributed by atoms with Crippen molar-refractivity contribution in [3.63, 3.8) is 0 Å². The highest BCUT2D eigenvalue weighted by molar-refractivity contribution is 5.89. The molecule has 0 heterocycles. The number of carboxylic acid groups (broad SMARTS) is 1. The zero-order valence-corrected chi connectivity index (χ0v) is 14.0. The second kappa shape index (κ2) is 7.62. The summed E-state index contributed by atoms with van der Waals surface area (Å²) in [6.45, 7) is 5.76. The molecule has 1 amide bonds. The van der Waals surface area contributed by atoms with Gasteiger partial charge in [0.05, 0.1) is 10.5 Å². The molecule has 0 aliphatic heterocycles. The predicted molar refractivity (Wildman–Crippen MR) is 87.4 cm³/mol. The van der Waals surface area contributed by atoms with Crippen molar-refractivity contribution in [2.45, 2.75) is 26.4 Å². The maximum atomic E-state index is 11.8. The van der Waals surface area contributed by atoms with Gasteiger partial charge in [-0.05, 0) is 32.9 Å². The molecule has 0 saturated carbocycles. The minimum absolute atomic E-state index is 0.168. The molecule has 0 fully saturated rings. The molecule has 0 atom stereocenters. The summed E-state index contributed by atoms with van der Waals surface area (Å²) in [5, 5.41) is 22.8. The molecule has 24 heavy (non-hydrogen) atoms. The molecule has 0 radical (unpaired) electrons. The number of benzene rings is 1. The maximum Gasteiger partial charge on any atom is 0.410 e. The topological polar surface area (TPSA) is 122 Å². The fourth-order valence-electron chi connectivity index (χ4n) is 1.75. The first-order valence-corrected chi connectivity index (χ1v) is 7.21. The van der Waals surface area contributed by atoms with Crippen LogP contribution in [0.5, 0.6) is 0 Å². The third-order valence-corrected chi connectivity index (χ3v) is 2.91. The summed E-state index contributed by atoms with van der Waals surface area (Å²) in [5.41, 5.74) is -0.931. The quantitative estimate of drug-likeness (QED) is 0.603. The largest absolute Gasteiger partial charge is 0.478 e. The number of amides is 1. The number of hydrogen-bond acceptors (Lipinski definition) is 6. The van der Waals surface area contributed by atoms with Gasteiger partial charge in [0.2, 0.25) is 0 Å². The van der Waals surface area contributed by atoms with Crippen LogP contribution >= 0.6 is 0 Å². The van der Waals surface area contributed by atoms with Crippen LogP contribution in [-0.4, -0.2) is 52.7 Å². The fourth-order valence-corrected chi connectivity index (χ4v) is 1.75. The molecule has 1 aromatic carbocycles. The molecule has 0 aromatic heterocycles. The van der Waals surface area contributed by atoms with E-state index in [9.17, 15) is 19.7 Å². The Balaban J connectivity index is 2.69. The van der Waals surface area contributed by atoms with Crippen LogP contribution < -0.4 is 5.32 Å². The van der Waals surface area contributed by atoms with Crippen LogP contribution in [0.1, 0.15) is 31.1 Å². The highest BCUT2D eigenvalue weighted by Gasteiger charge is 2.20. The second-order valence-corrected chi connectivity index (χ2v) is 6.12. The number of anilines is 1. The standard InChI is InChI=1S/C15H21N3O6/c1-15(2,3)24-14(21)17(4)8-7-16-11-6-5-10(13(19)20)9-12(11)18(22)23/h5-6,9,16H,7-8H2,1-4H3,(H,19,20). The number of nitrogens with zero attached hydrogens (tertiary/aromatic N) is 2. The van der Waals surface area contributed by atoms with Crippen molar-refractivity contribution in [1.29, 1.82) is 0 Å². The summed E-state index contributed by atoms with van der Waals surface area (Å²) in [5.74, 6) is -1.24. The molecule has 9 nitrogen and oxygen atoms in total. The van der Waals surface area contributed by atoms with E-state index in [1.165, 1.54) is 17.0 Å². The van der Waals surface area contributed by atoms with Gasteiger partial charge in [-0.1, -0.05) is 0 Å². The molecule has 1 rings (SSSR count). The third kappa shape index (κ3) is 5.75. The number of carbonyl (C=O) groups excluding carboxylic acids is 1. The van der Waals surface area contributed by atoms with Gasteiger partial charge in [0.1, 0.15) is 11.3 Å². The predicted octanol–water partition coefficient (Wildman–Crippen LogP) is 2.57. The number of nitro groups is 1. The molecule has 9 heteroatoms. The van der Waals surface area contributed by atoms with Crippen LogP contribution in [-0.2, 0) is 4.74 Å². The van der Waals surface area contributed by atoms with Crippen molar-refractivity contribution < 1.29 is 24.4 Å². The molecule has 132 valence electrons. The van der Waals surface area contributed by atoms with Crippen LogP contribution in [0.25, 0.3) is 0 Å². The third-order valence-electron chi connectivity index (χ3n) is 2.91. The molecule has 1 aromatic rings. The van der Waals surface area contributed by atoms with Crippen molar-refractivity contribution in [1.82, 2.24) is 4.90 Å². The lowest BCUT2D eigenvalue weighted by atomic mass is 10.1.